The summed E-state index contributed by atoms with van der Waals surface area (Å²) in [4.78, 5) is 16.6. The topological polar surface area (TPSA) is 103 Å². The number of anilines is 2. The molecule has 0 bridgehead atoms. The third-order valence-corrected chi connectivity index (χ3v) is 3.30. The van der Waals surface area contributed by atoms with E-state index in [1.807, 2.05) is 0 Å². The summed E-state index contributed by atoms with van der Waals surface area (Å²) in [6, 6.07) is 6.17. The summed E-state index contributed by atoms with van der Waals surface area (Å²) in [5, 5.41) is 15.2. The molecule has 2 heterocycles. The molecule has 8 nitrogen and oxygen atoms in total. The minimum atomic E-state index is -0.446. The van der Waals surface area contributed by atoms with E-state index in [1.165, 1.54) is 16.8 Å². The molecule has 2 aromatic rings. The predicted molar refractivity (Wildman–Crippen MR) is 73.9 cm³/mol. The van der Waals surface area contributed by atoms with Crippen LogP contribution in [0.15, 0.2) is 24.3 Å². The van der Waals surface area contributed by atoms with Crippen molar-refractivity contribution in [2.24, 2.45) is 0 Å². The van der Waals surface area contributed by atoms with Crippen LogP contribution in [0.1, 0.15) is 12.8 Å². The Morgan fingerprint density at radius 3 is 2.75 bits per heavy atom. The van der Waals surface area contributed by atoms with Crippen LogP contribution >= 0.6 is 0 Å². The molecule has 0 spiro atoms. The molecule has 104 valence electrons. The maximum Gasteiger partial charge on any atom is 0.271 e. The van der Waals surface area contributed by atoms with Crippen molar-refractivity contribution in [1.29, 1.82) is 0 Å². The van der Waals surface area contributed by atoms with E-state index in [4.69, 9.17) is 5.73 Å². The lowest BCUT2D eigenvalue weighted by molar-refractivity contribution is -0.384. The number of hydrogen-bond donors (Lipinski definition) is 1. The fourth-order valence-corrected chi connectivity index (χ4v) is 2.29. The Hall–Kier alpha value is -2.64. The Bertz CT molecular complexity index is 647. The lowest BCUT2D eigenvalue weighted by Gasteiger charge is -2.10. The Labute approximate surface area is 115 Å². The van der Waals surface area contributed by atoms with Gasteiger partial charge < -0.3 is 10.6 Å². The first kappa shape index (κ1) is 12.4. The largest absolute Gasteiger partial charge is 0.368 e. The van der Waals surface area contributed by atoms with Gasteiger partial charge in [0.25, 0.3) is 5.69 Å². The number of nitro groups is 1. The molecule has 0 amide bonds. The second kappa shape index (κ2) is 4.80. The zero-order valence-corrected chi connectivity index (χ0v) is 10.8. The monoisotopic (exact) mass is 274 g/mol. The Kier molecular flexibility index (Phi) is 2.97. The molecule has 1 aromatic carbocycles. The maximum atomic E-state index is 10.8. The summed E-state index contributed by atoms with van der Waals surface area (Å²) in [5.74, 6) is 0.805. The summed E-state index contributed by atoms with van der Waals surface area (Å²) in [6.07, 6.45) is 2.23. The van der Waals surface area contributed by atoms with E-state index in [0.717, 1.165) is 25.9 Å². The first-order valence-corrected chi connectivity index (χ1v) is 6.37. The standard InChI is InChI=1S/C12H14N6O2/c13-11-14-12(16-6-1-2-7-16)15-17(11)9-4-3-5-10(8-9)18(19)20/h3-5,8H,1-2,6-7H2,(H2,13,14,15). The fraction of sp³-hybridized carbons (Fsp3) is 0.333. The smallest absolute Gasteiger partial charge is 0.271 e. The number of aromatic nitrogens is 3. The minimum absolute atomic E-state index is 0.000113. The summed E-state index contributed by atoms with van der Waals surface area (Å²) >= 11 is 0. The van der Waals surface area contributed by atoms with Gasteiger partial charge in [-0.1, -0.05) is 6.07 Å². The molecule has 3 rings (SSSR count). The fourth-order valence-electron chi connectivity index (χ4n) is 2.29. The Morgan fingerprint density at radius 2 is 2.05 bits per heavy atom. The van der Waals surface area contributed by atoms with Crippen LogP contribution in [0.5, 0.6) is 0 Å². The number of hydrogen-bond acceptors (Lipinski definition) is 6. The van der Waals surface area contributed by atoms with Crippen molar-refractivity contribution >= 4 is 17.6 Å². The minimum Gasteiger partial charge on any atom is -0.368 e. The molecular weight excluding hydrogens is 260 g/mol. The van der Waals surface area contributed by atoms with Crippen LogP contribution in [-0.2, 0) is 0 Å². The van der Waals surface area contributed by atoms with Gasteiger partial charge in [-0.2, -0.15) is 9.67 Å². The van der Waals surface area contributed by atoms with Gasteiger partial charge in [-0.05, 0) is 18.9 Å². The van der Waals surface area contributed by atoms with Crippen molar-refractivity contribution in [2.45, 2.75) is 12.8 Å². The molecule has 1 saturated heterocycles. The number of nitrogens with zero attached hydrogens (tertiary/aromatic N) is 5. The van der Waals surface area contributed by atoms with E-state index in [0.29, 0.717) is 11.6 Å². The Morgan fingerprint density at radius 1 is 1.30 bits per heavy atom. The van der Waals surface area contributed by atoms with E-state index in [-0.39, 0.29) is 11.6 Å². The van der Waals surface area contributed by atoms with E-state index in [2.05, 4.69) is 15.0 Å². The van der Waals surface area contributed by atoms with E-state index in [9.17, 15) is 10.1 Å². The summed E-state index contributed by atoms with van der Waals surface area (Å²) in [6.45, 7) is 1.83. The third-order valence-electron chi connectivity index (χ3n) is 3.30. The first-order chi connectivity index (χ1) is 9.65. The van der Waals surface area contributed by atoms with E-state index < -0.39 is 4.92 Å². The molecule has 0 saturated carbocycles. The number of non-ortho nitro benzene ring substituents is 1. The van der Waals surface area contributed by atoms with Crippen molar-refractivity contribution < 1.29 is 4.92 Å². The van der Waals surface area contributed by atoms with Gasteiger partial charge in [0.1, 0.15) is 0 Å². The van der Waals surface area contributed by atoms with E-state index >= 15 is 0 Å². The van der Waals surface area contributed by atoms with Crippen LogP contribution in [0.2, 0.25) is 0 Å². The molecule has 1 aromatic heterocycles. The lowest BCUT2D eigenvalue weighted by atomic mass is 10.3. The highest BCUT2D eigenvalue weighted by Gasteiger charge is 2.19. The normalized spacial score (nSPS) is 14.7. The molecular formula is C12H14N6O2. The first-order valence-electron chi connectivity index (χ1n) is 6.37. The highest BCUT2D eigenvalue weighted by atomic mass is 16.6. The van der Waals surface area contributed by atoms with Gasteiger partial charge in [-0.15, -0.1) is 5.10 Å². The van der Waals surface area contributed by atoms with Crippen LogP contribution in [0.25, 0.3) is 5.69 Å². The second-order valence-corrected chi connectivity index (χ2v) is 4.65. The number of benzene rings is 1. The summed E-state index contributed by atoms with van der Waals surface area (Å²) in [7, 11) is 0. The van der Waals surface area contributed by atoms with Crippen molar-refractivity contribution in [3.63, 3.8) is 0 Å². The van der Waals surface area contributed by atoms with Crippen molar-refractivity contribution in [3.05, 3.63) is 34.4 Å². The maximum absolute atomic E-state index is 10.8. The average molecular weight is 274 g/mol. The highest BCUT2D eigenvalue weighted by Crippen LogP contribution is 2.22. The molecule has 0 aliphatic carbocycles. The molecule has 0 atom stereocenters. The quantitative estimate of drug-likeness (QED) is 0.669. The van der Waals surface area contributed by atoms with Crippen molar-refractivity contribution in [2.75, 3.05) is 23.7 Å². The molecule has 1 aliphatic rings. The van der Waals surface area contributed by atoms with Crippen LogP contribution in [0, 0.1) is 10.1 Å². The van der Waals surface area contributed by atoms with Crippen molar-refractivity contribution in [1.82, 2.24) is 14.8 Å². The van der Waals surface area contributed by atoms with Crippen LogP contribution in [-0.4, -0.2) is 32.8 Å². The van der Waals surface area contributed by atoms with Gasteiger partial charge >= 0.3 is 0 Å². The molecule has 0 unspecified atom stereocenters. The predicted octanol–water partition coefficient (Wildman–Crippen LogP) is 1.36. The molecule has 0 radical (unpaired) electrons. The molecule has 1 aliphatic heterocycles. The number of nitrogen functional groups attached to an aromatic ring is 1. The number of nitrogens with two attached hydrogens (primary N) is 1. The lowest BCUT2D eigenvalue weighted by Crippen LogP contribution is -2.19. The molecule has 1 fully saturated rings. The van der Waals surface area contributed by atoms with Crippen LogP contribution in [0.3, 0.4) is 0 Å². The Balaban J connectivity index is 1.97. The highest BCUT2D eigenvalue weighted by molar-refractivity contribution is 5.48. The SMILES string of the molecule is Nc1nc(N2CCCC2)nn1-c1cccc([N+](=O)[O-])c1. The van der Waals surface area contributed by atoms with Crippen LogP contribution < -0.4 is 10.6 Å². The third kappa shape index (κ3) is 2.15. The van der Waals surface area contributed by atoms with E-state index in [1.54, 1.807) is 12.1 Å². The number of rotatable bonds is 3. The zero-order valence-electron chi connectivity index (χ0n) is 10.8. The van der Waals surface area contributed by atoms with Gasteiger partial charge in [0, 0.05) is 25.2 Å². The second-order valence-electron chi connectivity index (χ2n) is 4.65. The molecule has 2 N–H and O–H groups in total. The molecule has 20 heavy (non-hydrogen) atoms. The van der Waals surface area contributed by atoms with Crippen molar-refractivity contribution in [3.8, 4) is 5.69 Å². The van der Waals surface area contributed by atoms with Gasteiger partial charge in [-0.3, -0.25) is 10.1 Å². The number of nitro benzene ring substituents is 1. The van der Waals surface area contributed by atoms with Gasteiger partial charge in [0.05, 0.1) is 10.6 Å². The van der Waals surface area contributed by atoms with Crippen LogP contribution in [0.4, 0.5) is 17.6 Å². The summed E-state index contributed by atoms with van der Waals surface area (Å²) < 4.78 is 1.43. The van der Waals surface area contributed by atoms with Gasteiger partial charge in [0.2, 0.25) is 11.9 Å². The molecule has 8 heteroatoms. The summed E-state index contributed by atoms with van der Waals surface area (Å²) in [5.41, 5.74) is 6.40. The zero-order chi connectivity index (χ0) is 14.1. The van der Waals surface area contributed by atoms with Gasteiger partial charge in [0.15, 0.2) is 0 Å². The van der Waals surface area contributed by atoms with Gasteiger partial charge in [-0.25, -0.2) is 0 Å². The average Bonchev–Trinajstić information content (AvgIpc) is 3.07.